The molecule has 3 aromatic rings. The van der Waals surface area contributed by atoms with Gasteiger partial charge in [-0.3, -0.25) is 9.69 Å². The van der Waals surface area contributed by atoms with Gasteiger partial charge in [0.2, 0.25) is 5.82 Å². The summed E-state index contributed by atoms with van der Waals surface area (Å²) in [6.07, 6.45) is 0.726. The molecule has 0 saturated carbocycles. The maximum absolute atomic E-state index is 11.3. The lowest BCUT2D eigenvalue weighted by Crippen LogP contribution is -2.42. The topological polar surface area (TPSA) is 112 Å². The summed E-state index contributed by atoms with van der Waals surface area (Å²) in [6, 6.07) is 10.8. The van der Waals surface area contributed by atoms with Crippen molar-refractivity contribution in [2.45, 2.75) is 52.8 Å². The first-order chi connectivity index (χ1) is 15.8. The van der Waals surface area contributed by atoms with E-state index >= 15 is 0 Å². The Hall–Kier alpha value is -3.70. The lowest BCUT2D eigenvalue weighted by Gasteiger charge is -2.32. The van der Waals surface area contributed by atoms with Crippen LogP contribution in [0.3, 0.4) is 0 Å². The molecule has 0 fully saturated rings. The van der Waals surface area contributed by atoms with Gasteiger partial charge in [-0.25, -0.2) is 0 Å². The lowest BCUT2D eigenvalue weighted by atomic mass is 9.91. The van der Waals surface area contributed by atoms with E-state index in [9.17, 15) is 15.2 Å². The van der Waals surface area contributed by atoms with Gasteiger partial charge in [0, 0.05) is 24.2 Å². The van der Waals surface area contributed by atoms with Crippen LogP contribution in [0.25, 0.3) is 22.8 Å². The third-order valence-electron chi connectivity index (χ3n) is 6.00. The van der Waals surface area contributed by atoms with Crippen molar-refractivity contribution in [3.05, 3.63) is 52.6 Å². The third-order valence-corrected chi connectivity index (χ3v) is 6.00. The molecule has 8 heteroatoms. The Labute approximate surface area is 192 Å². The summed E-state index contributed by atoms with van der Waals surface area (Å²) >= 11 is 0. The number of hydrogen-bond acceptors (Lipinski definition) is 7. The van der Waals surface area contributed by atoms with Crippen molar-refractivity contribution in [3.8, 4) is 34.7 Å². The van der Waals surface area contributed by atoms with E-state index in [1.54, 1.807) is 25.1 Å². The van der Waals surface area contributed by atoms with E-state index < -0.39 is 12.0 Å². The zero-order valence-corrected chi connectivity index (χ0v) is 19.1. The van der Waals surface area contributed by atoms with Crippen LogP contribution in [-0.4, -0.2) is 44.8 Å². The van der Waals surface area contributed by atoms with Crippen molar-refractivity contribution < 1.29 is 19.2 Å². The summed E-state index contributed by atoms with van der Waals surface area (Å²) in [5.74, 6) is 0.520. The molecule has 2 heterocycles. The molecule has 1 unspecified atom stereocenters. The number of nitriles is 1. The number of carbonyl (C=O) groups is 1. The molecule has 4 rings (SSSR count). The monoisotopic (exact) mass is 446 g/mol. The number of rotatable bonds is 6. The molecular weight excluding hydrogens is 420 g/mol. The van der Waals surface area contributed by atoms with E-state index in [0.29, 0.717) is 41.7 Å². The Balaban J connectivity index is 1.61. The van der Waals surface area contributed by atoms with E-state index in [2.05, 4.69) is 16.2 Å². The summed E-state index contributed by atoms with van der Waals surface area (Å²) in [6.45, 7) is 8.85. The van der Waals surface area contributed by atoms with E-state index in [1.807, 2.05) is 37.8 Å². The van der Waals surface area contributed by atoms with Gasteiger partial charge in [0.1, 0.15) is 17.9 Å². The molecule has 1 N–H and O–H groups in total. The fraction of sp³-hybridized carbons (Fsp3) is 0.360. The fourth-order valence-corrected chi connectivity index (χ4v) is 4.15. The van der Waals surface area contributed by atoms with Gasteiger partial charge in [0.25, 0.3) is 5.89 Å². The molecule has 2 aromatic carbocycles. The van der Waals surface area contributed by atoms with Crippen LogP contribution < -0.4 is 4.74 Å². The number of carboxylic acids is 1. The maximum atomic E-state index is 11.3. The van der Waals surface area contributed by atoms with Crippen LogP contribution in [0.5, 0.6) is 5.75 Å². The predicted molar refractivity (Wildman–Crippen MR) is 122 cm³/mol. The van der Waals surface area contributed by atoms with Crippen molar-refractivity contribution in [2.75, 3.05) is 6.54 Å². The zero-order valence-electron chi connectivity index (χ0n) is 19.1. The van der Waals surface area contributed by atoms with Crippen molar-refractivity contribution >= 4 is 5.97 Å². The number of benzene rings is 2. The number of carboxylic acid groups (broad SMARTS) is 1. The minimum absolute atomic E-state index is 0.0376. The minimum atomic E-state index is -0.811. The van der Waals surface area contributed by atoms with Gasteiger partial charge in [0.15, 0.2) is 0 Å². The molecule has 1 atom stereocenters. The van der Waals surface area contributed by atoms with Crippen molar-refractivity contribution in [1.29, 1.82) is 5.26 Å². The highest BCUT2D eigenvalue weighted by Crippen LogP contribution is 2.32. The van der Waals surface area contributed by atoms with Crippen LogP contribution >= 0.6 is 0 Å². The molecule has 0 spiro atoms. The molecule has 0 amide bonds. The van der Waals surface area contributed by atoms with Crippen LogP contribution in [0.4, 0.5) is 0 Å². The zero-order chi connectivity index (χ0) is 23.7. The molecule has 8 nitrogen and oxygen atoms in total. The predicted octanol–water partition coefficient (Wildman–Crippen LogP) is 4.20. The average molecular weight is 447 g/mol. The third kappa shape index (κ3) is 4.45. The number of aliphatic carboxylic acids is 1. The second kappa shape index (κ2) is 9.04. The van der Waals surface area contributed by atoms with Crippen LogP contribution in [-0.2, 0) is 17.8 Å². The van der Waals surface area contributed by atoms with E-state index in [4.69, 9.17) is 9.26 Å². The number of hydrogen-bond donors (Lipinski definition) is 1. The Bertz CT molecular complexity index is 1240. The fourth-order valence-electron chi connectivity index (χ4n) is 4.15. The molecule has 0 saturated heterocycles. The highest BCUT2D eigenvalue weighted by Gasteiger charge is 2.27. The van der Waals surface area contributed by atoms with Gasteiger partial charge in [-0.15, -0.1) is 0 Å². The van der Waals surface area contributed by atoms with Crippen molar-refractivity contribution in [3.63, 3.8) is 0 Å². The SMILES string of the molecule is Cc1c(-c2noc(-c3ccc(OC(C)C)c(C#N)c3)n2)ccc2c1CCN(C(C)C(=O)O)C2. The number of fused-ring (bicyclic) bond motifs is 1. The Morgan fingerprint density at radius 1 is 1.27 bits per heavy atom. The summed E-state index contributed by atoms with van der Waals surface area (Å²) < 4.78 is 11.2. The molecule has 0 radical (unpaired) electrons. The quantitative estimate of drug-likeness (QED) is 0.599. The van der Waals surface area contributed by atoms with Crippen LogP contribution in [0.15, 0.2) is 34.9 Å². The molecule has 0 aliphatic carbocycles. The van der Waals surface area contributed by atoms with Gasteiger partial charge in [-0.1, -0.05) is 17.3 Å². The Kier molecular flexibility index (Phi) is 6.16. The van der Waals surface area contributed by atoms with Gasteiger partial charge in [-0.2, -0.15) is 10.2 Å². The first kappa shape index (κ1) is 22.5. The second-order valence-electron chi connectivity index (χ2n) is 8.52. The Morgan fingerprint density at radius 2 is 2.06 bits per heavy atom. The summed E-state index contributed by atoms with van der Waals surface area (Å²) in [5.41, 5.74) is 5.33. The second-order valence-corrected chi connectivity index (χ2v) is 8.52. The highest BCUT2D eigenvalue weighted by molar-refractivity contribution is 5.73. The molecule has 1 aromatic heterocycles. The van der Waals surface area contributed by atoms with E-state index in [-0.39, 0.29) is 6.10 Å². The molecular formula is C25H26N4O4. The average Bonchev–Trinajstić information content (AvgIpc) is 3.28. The van der Waals surface area contributed by atoms with E-state index in [1.165, 1.54) is 5.56 Å². The first-order valence-electron chi connectivity index (χ1n) is 10.9. The summed E-state index contributed by atoms with van der Waals surface area (Å²) in [4.78, 5) is 17.9. The van der Waals surface area contributed by atoms with Gasteiger partial charge >= 0.3 is 5.97 Å². The standard InChI is InChI=1S/C25H26N4O4/c1-14(2)32-22-8-6-17(11-19(22)12-26)24-27-23(28-33-24)21-7-5-18-13-29(16(4)25(30)31)10-9-20(18)15(21)3/h5-8,11,14,16H,9-10,13H2,1-4H3,(H,30,31). The lowest BCUT2D eigenvalue weighted by molar-refractivity contribution is -0.143. The first-order valence-corrected chi connectivity index (χ1v) is 10.9. The van der Waals surface area contributed by atoms with Gasteiger partial charge in [-0.05, 0) is 69.0 Å². The Morgan fingerprint density at radius 3 is 2.76 bits per heavy atom. The number of aromatic nitrogens is 2. The van der Waals surface area contributed by atoms with Gasteiger partial charge < -0.3 is 14.4 Å². The number of ether oxygens (including phenoxy) is 1. The molecule has 0 bridgehead atoms. The molecule has 1 aliphatic heterocycles. The summed E-state index contributed by atoms with van der Waals surface area (Å²) in [7, 11) is 0. The largest absolute Gasteiger partial charge is 0.490 e. The van der Waals surface area contributed by atoms with Crippen LogP contribution in [0, 0.1) is 18.3 Å². The molecule has 1 aliphatic rings. The van der Waals surface area contributed by atoms with E-state index in [0.717, 1.165) is 23.1 Å². The normalized spacial score (nSPS) is 14.5. The van der Waals surface area contributed by atoms with Crippen LogP contribution in [0.2, 0.25) is 0 Å². The van der Waals surface area contributed by atoms with Gasteiger partial charge in [0.05, 0.1) is 11.7 Å². The van der Waals surface area contributed by atoms with Crippen molar-refractivity contribution in [2.24, 2.45) is 0 Å². The van der Waals surface area contributed by atoms with Crippen molar-refractivity contribution in [1.82, 2.24) is 15.0 Å². The maximum Gasteiger partial charge on any atom is 0.320 e. The minimum Gasteiger partial charge on any atom is -0.490 e. The number of nitrogens with zero attached hydrogens (tertiary/aromatic N) is 4. The molecule has 170 valence electrons. The smallest absolute Gasteiger partial charge is 0.320 e. The highest BCUT2D eigenvalue weighted by atomic mass is 16.5. The molecule has 33 heavy (non-hydrogen) atoms. The summed E-state index contributed by atoms with van der Waals surface area (Å²) in [5, 5.41) is 23.0. The van der Waals surface area contributed by atoms with Crippen LogP contribution in [0.1, 0.15) is 43.0 Å².